The molecule has 130 valence electrons. The van der Waals surface area contributed by atoms with Gasteiger partial charge < -0.3 is 5.11 Å². The fourth-order valence-corrected chi connectivity index (χ4v) is 5.42. The van der Waals surface area contributed by atoms with Gasteiger partial charge in [0, 0.05) is 5.56 Å². The van der Waals surface area contributed by atoms with Crippen molar-refractivity contribution in [3.63, 3.8) is 0 Å². The molecule has 0 amide bonds. The van der Waals surface area contributed by atoms with Crippen LogP contribution in [0.1, 0.15) is 40.7 Å². The number of halogens is 1. The molecule has 0 bridgehead atoms. The molecule has 0 aliphatic carbocycles. The minimum absolute atomic E-state index is 0.223. The lowest BCUT2D eigenvalue weighted by Crippen LogP contribution is -2.33. The van der Waals surface area contributed by atoms with Crippen LogP contribution in [0.15, 0.2) is 34.5 Å². The molecule has 0 aliphatic heterocycles. The number of aromatic carboxylic acids is 1. The predicted molar refractivity (Wildman–Crippen MR) is 90.3 cm³/mol. The van der Waals surface area contributed by atoms with Crippen molar-refractivity contribution in [1.29, 1.82) is 0 Å². The third-order valence-corrected chi connectivity index (χ3v) is 6.41. The maximum atomic E-state index is 14.1. The van der Waals surface area contributed by atoms with Gasteiger partial charge in [-0.15, -0.1) is 11.3 Å². The van der Waals surface area contributed by atoms with E-state index < -0.39 is 27.9 Å². The van der Waals surface area contributed by atoms with Gasteiger partial charge in [-0.2, -0.15) is 0 Å². The molecule has 5 nitrogen and oxygen atoms in total. The molecular weight excluding hydrogens is 353 g/mol. The Hall–Kier alpha value is -1.77. The number of benzene rings is 1. The highest BCUT2D eigenvalue weighted by molar-refractivity contribution is 7.89. The van der Waals surface area contributed by atoms with Crippen molar-refractivity contribution in [2.45, 2.75) is 31.7 Å². The third kappa shape index (κ3) is 3.66. The monoisotopic (exact) mass is 371 g/mol. The molecule has 0 aliphatic rings. The number of aryl methyl sites for hydroxylation is 1. The van der Waals surface area contributed by atoms with Crippen molar-refractivity contribution >= 4 is 27.3 Å². The van der Waals surface area contributed by atoms with Crippen molar-refractivity contribution in [3.05, 3.63) is 51.5 Å². The van der Waals surface area contributed by atoms with Crippen LogP contribution < -0.4 is 4.72 Å². The third-order valence-electron chi connectivity index (χ3n) is 3.57. The first-order valence-electron chi connectivity index (χ1n) is 7.23. The number of hydrogen-bond donors (Lipinski definition) is 2. The van der Waals surface area contributed by atoms with E-state index in [0.717, 1.165) is 11.3 Å². The summed E-state index contributed by atoms with van der Waals surface area (Å²) >= 11 is 0.853. The molecule has 1 aromatic carbocycles. The Labute approximate surface area is 144 Å². The van der Waals surface area contributed by atoms with Crippen LogP contribution in [0.2, 0.25) is 0 Å². The highest BCUT2D eigenvalue weighted by Crippen LogP contribution is 2.31. The van der Waals surface area contributed by atoms with Crippen LogP contribution in [0, 0.1) is 18.7 Å². The van der Waals surface area contributed by atoms with Gasteiger partial charge in [0.2, 0.25) is 10.0 Å². The largest absolute Gasteiger partial charge is 0.477 e. The summed E-state index contributed by atoms with van der Waals surface area (Å²) in [6, 6.07) is 5.12. The highest BCUT2D eigenvalue weighted by Gasteiger charge is 2.31. The minimum Gasteiger partial charge on any atom is -0.477 e. The van der Waals surface area contributed by atoms with Crippen molar-refractivity contribution in [2.24, 2.45) is 5.92 Å². The Morgan fingerprint density at radius 2 is 1.92 bits per heavy atom. The molecule has 1 aromatic heterocycles. The van der Waals surface area contributed by atoms with E-state index >= 15 is 0 Å². The minimum atomic E-state index is -4.12. The standard InChI is InChI=1S/C16H18FNO4S2/c1-9(2)13(11-6-4-5-7-12(11)17)18-24(21,22)15-10(3)8-23-14(15)16(19)20/h4-9,13,18H,1-3H3,(H,19,20). The van der Waals surface area contributed by atoms with Crippen molar-refractivity contribution in [3.8, 4) is 0 Å². The molecule has 24 heavy (non-hydrogen) atoms. The van der Waals surface area contributed by atoms with Gasteiger partial charge in [-0.3, -0.25) is 0 Å². The van der Waals surface area contributed by atoms with Crippen LogP contribution in [0.3, 0.4) is 0 Å². The predicted octanol–water partition coefficient (Wildman–Crippen LogP) is 3.57. The molecule has 0 saturated carbocycles. The van der Waals surface area contributed by atoms with Crippen molar-refractivity contribution < 1.29 is 22.7 Å². The van der Waals surface area contributed by atoms with E-state index in [0.29, 0.717) is 5.56 Å². The Morgan fingerprint density at radius 1 is 1.29 bits per heavy atom. The van der Waals surface area contributed by atoms with E-state index in [2.05, 4.69) is 4.72 Å². The van der Waals surface area contributed by atoms with Gasteiger partial charge in [-0.1, -0.05) is 32.0 Å². The summed E-state index contributed by atoms with van der Waals surface area (Å²) in [6.45, 7) is 5.06. The lowest BCUT2D eigenvalue weighted by Gasteiger charge is -2.23. The zero-order valence-corrected chi connectivity index (χ0v) is 15.0. The van der Waals surface area contributed by atoms with E-state index in [9.17, 15) is 22.7 Å². The number of rotatable bonds is 6. The first kappa shape index (κ1) is 18.6. The van der Waals surface area contributed by atoms with Gasteiger partial charge >= 0.3 is 5.97 Å². The van der Waals surface area contributed by atoms with Crippen LogP contribution >= 0.6 is 11.3 Å². The van der Waals surface area contributed by atoms with Crippen LogP contribution in [0.25, 0.3) is 0 Å². The lowest BCUT2D eigenvalue weighted by molar-refractivity contribution is 0.0698. The topological polar surface area (TPSA) is 83.5 Å². The molecule has 2 N–H and O–H groups in total. The summed E-state index contributed by atoms with van der Waals surface area (Å²) in [7, 11) is -4.12. The van der Waals surface area contributed by atoms with Crippen LogP contribution in [-0.4, -0.2) is 19.5 Å². The Kier molecular flexibility index (Phi) is 5.42. The number of carbonyl (C=O) groups is 1. The fraction of sp³-hybridized carbons (Fsp3) is 0.312. The zero-order valence-electron chi connectivity index (χ0n) is 13.4. The SMILES string of the molecule is Cc1csc(C(=O)O)c1S(=O)(=O)NC(c1ccccc1F)C(C)C. The van der Waals surface area contributed by atoms with Crippen molar-refractivity contribution in [2.75, 3.05) is 0 Å². The summed E-state index contributed by atoms with van der Waals surface area (Å²) in [6.07, 6.45) is 0. The molecule has 0 fully saturated rings. The average molecular weight is 371 g/mol. The number of hydrogen-bond acceptors (Lipinski definition) is 4. The quantitative estimate of drug-likeness (QED) is 0.813. The van der Waals surface area contributed by atoms with Gasteiger partial charge in [0.1, 0.15) is 15.6 Å². The molecule has 0 radical (unpaired) electrons. The van der Waals surface area contributed by atoms with Gasteiger partial charge in [0.15, 0.2) is 0 Å². The van der Waals surface area contributed by atoms with E-state index in [1.165, 1.54) is 30.5 Å². The molecule has 2 aromatic rings. The lowest BCUT2D eigenvalue weighted by atomic mass is 9.97. The first-order valence-corrected chi connectivity index (χ1v) is 9.59. The fourth-order valence-electron chi connectivity index (χ4n) is 2.43. The van der Waals surface area contributed by atoms with E-state index in [1.807, 2.05) is 0 Å². The van der Waals surface area contributed by atoms with Gasteiger partial charge in [-0.25, -0.2) is 22.3 Å². The summed E-state index contributed by atoms with van der Waals surface area (Å²) in [5.41, 5.74) is 0.571. The number of carboxylic acid groups (broad SMARTS) is 1. The molecule has 2 rings (SSSR count). The summed E-state index contributed by atoms with van der Waals surface area (Å²) in [5, 5.41) is 10.7. The zero-order chi connectivity index (χ0) is 18.1. The Bertz CT molecular complexity index is 859. The van der Waals surface area contributed by atoms with Gasteiger partial charge in [0.25, 0.3) is 0 Å². The van der Waals surface area contributed by atoms with Crippen LogP contribution in [0.5, 0.6) is 0 Å². The number of sulfonamides is 1. The first-order chi connectivity index (χ1) is 11.1. The Morgan fingerprint density at radius 3 is 2.46 bits per heavy atom. The molecule has 1 heterocycles. The summed E-state index contributed by atoms with van der Waals surface area (Å²) in [5.74, 6) is -2.05. The van der Waals surface area contributed by atoms with Crippen LogP contribution in [-0.2, 0) is 10.0 Å². The number of nitrogens with one attached hydrogen (secondary N) is 1. The number of thiophene rings is 1. The van der Waals surface area contributed by atoms with Gasteiger partial charge in [0.05, 0.1) is 6.04 Å². The van der Waals surface area contributed by atoms with Crippen LogP contribution in [0.4, 0.5) is 4.39 Å². The number of carboxylic acids is 1. The Balaban J connectivity index is 2.49. The summed E-state index contributed by atoms with van der Waals surface area (Å²) in [4.78, 5) is 10.8. The summed E-state index contributed by atoms with van der Waals surface area (Å²) < 4.78 is 42.0. The normalized spacial score (nSPS) is 13.2. The van der Waals surface area contributed by atoms with E-state index in [-0.39, 0.29) is 21.3 Å². The second-order valence-corrected chi connectivity index (χ2v) is 8.28. The van der Waals surface area contributed by atoms with E-state index in [4.69, 9.17) is 0 Å². The van der Waals surface area contributed by atoms with E-state index in [1.54, 1.807) is 19.9 Å². The molecule has 0 saturated heterocycles. The smallest absolute Gasteiger partial charge is 0.347 e. The van der Waals surface area contributed by atoms with Crippen molar-refractivity contribution in [1.82, 2.24) is 4.72 Å². The highest BCUT2D eigenvalue weighted by atomic mass is 32.2. The second kappa shape index (κ2) is 7.00. The second-order valence-electron chi connectivity index (χ2n) is 5.75. The molecule has 0 spiro atoms. The maximum absolute atomic E-state index is 14.1. The molecular formula is C16H18FNO4S2. The molecule has 1 atom stereocenters. The maximum Gasteiger partial charge on any atom is 0.347 e. The average Bonchev–Trinajstić information content (AvgIpc) is 2.88. The van der Waals surface area contributed by atoms with Gasteiger partial charge in [-0.05, 0) is 29.9 Å². The molecule has 1 unspecified atom stereocenters. The molecule has 8 heteroatoms.